The van der Waals surface area contributed by atoms with E-state index in [1.807, 2.05) is 13.8 Å². The molecule has 1 aromatic carbocycles. The van der Waals surface area contributed by atoms with Crippen LogP contribution < -0.4 is 5.32 Å². The number of hydrogen-bond acceptors (Lipinski definition) is 4. The predicted molar refractivity (Wildman–Crippen MR) is 80.4 cm³/mol. The number of amides is 1. The zero-order valence-electron chi connectivity index (χ0n) is 11.5. The number of carbonyl (C=O) groups is 1. The standard InChI is InChI=1S/C13H15Cl2NO4S/c1-8-13(2,5-6-20-8)16-12(17)9-3-4-10(14)11(7-9)21(15,18)19/h3-4,7-8H,5-6H2,1-2H3,(H,16,17). The van der Waals surface area contributed by atoms with Crippen LogP contribution >= 0.6 is 22.3 Å². The monoisotopic (exact) mass is 351 g/mol. The van der Waals surface area contributed by atoms with Gasteiger partial charge in [-0.2, -0.15) is 0 Å². The summed E-state index contributed by atoms with van der Waals surface area (Å²) in [6.07, 6.45) is 0.568. The zero-order chi connectivity index (χ0) is 15.8. The summed E-state index contributed by atoms with van der Waals surface area (Å²) in [5, 5.41) is 2.85. The van der Waals surface area contributed by atoms with Gasteiger partial charge in [-0.15, -0.1) is 0 Å². The van der Waals surface area contributed by atoms with Crippen LogP contribution in [-0.2, 0) is 13.8 Å². The van der Waals surface area contributed by atoms with Crippen molar-refractivity contribution >= 4 is 37.2 Å². The van der Waals surface area contributed by atoms with Gasteiger partial charge in [-0.25, -0.2) is 8.42 Å². The molecular formula is C13H15Cl2NO4S. The summed E-state index contributed by atoms with van der Waals surface area (Å²) in [5.74, 6) is -0.395. The number of nitrogens with one attached hydrogen (secondary N) is 1. The first-order chi connectivity index (χ1) is 9.63. The highest BCUT2D eigenvalue weighted by molar-refractivity contribution is 8.13. The smallest absolute Gasteiger partial charge is 0.262 e. The lowest BCUT2D eigenvalue weighted by Crippen LogP contribution is -2.50. The lowest BCUT2D eigenvalue weighted by Gasteiger charge is -2.29. The number of benzene rings is 1. The second kappa shape index (κ2) is 5.76. The molecule has 5 nitrogen and oxygen atoms in total. The molecule has 1 saturated heterocycles. The van der Waals surface area contributed by atoms with Gasteiger partial charge in [0.25, 0.3) is 15.0 Å². The lowest BCUT2D eigenvalue weighted by molar-refractivity contribution is 0.0727. The Morgan fingerprint density at radius 3 is 2.67 bits per heavy atom. The van der Waals surface area contributed by atoms with Crippen LogP contribution in [0.25, 0.3) is 0 Å². The van der Waals surface area contributed by atoms with Gasteiger partial charge in [-0.3, -0.25) is 4.79 Å². The molecule has 0 spiro atoms. The molecule has 1 amide bonds. The largest absolute Gasteiger partial charge is 0.376 e. The molecule has 0 aromatic heterocycles. The quantitative estimate of drug-likeness (QED) is 0.849. The fourth-order valence-electron chi connectivity index (χ4n) is 2.16. The summed E-state index contributed by atoms with van der Waals surface area (Å²) >= 11 is 5.79. The molecule has 2 unspecified atom stereocenters. The van der Waals surface area contributed by atoms with Crippen molar-refractivity contribution < 1.29 is 17.9 Å². The van der Waals surface area contributed by atoms with Crippen molar-refractivity contribution in [2.24, 2.45) is 0 Å². The third-order valence-corrected chi connectivity index (χ3v) is 5.55. The topological polar surface area (TPSA) is 72.5 Å². The molecule has 1 fully saturated rings. The molecular weight excluding hydrogens is 337 g/mol. The van der Waals surface area contributed by atoms with E-state index in [2.05, 4.69) is 5.32 Å². The highest BCUT2D eigenvalue weighted by atomic mass is 35.7. The van der Waals surface area contributed by atoms with E-state index in [9.17, 15) is 13.2 Å². The van der Waals surface area contributed by atoms with E-state index < -0.39 is 20.5 Å². The van der Waals surface area contributed by atoms with E-state index in [-0.39, 0.29) is 21.6 Å². The van der Waals surface area contributed by atoms with Crippen LogP contribution in [-0.4, -0.2) is 32.6 Å². The maximum atomic E-state index is 12.3. The maximum absolute atomic E-state index is 12.3. The minimum absolute atomic E-state index is 0.0228. The number of halogens is 2. The Hall–Kier alpha value is -0.820. The van der Waals surface area contributed by atoms with Crippen molar-refractivity contribution in [2.45, 2.75) is 36.8 Å². The minimum atomic E-state index is -4.01. The molecule has 1 aromatic rings. The molecule has 116 valence electrons. The highest BCUT2D eigenvalue weighted by Crippen LogP contribution is 2.28. The van der Waals surface area contributed by atoms with Crippen LogP contribution in [0, 0.1) is 0 Å². The number of ether oxygens (including phenoxy) is 1. The average Bonchev–Trinajstić information content (AvgIpc) is 2.68. The van der Waals surface area contributed by atoms with Crippen LogP contribution in [0.5, 0.6) is 0 Å². The van der Waals surface area contributed by atoms with E-state index in [0.717, 1.165) is 0 Å². The van der Waals surface area contributed by atoms with Crippen molar-refractivity contribution in [2.75, 3.05) is 6.61 Å². The molecule has 0 saturated carbocycles. The van der Waals surface area contributed by atoms with Gasteiger partial charge in [-0.05, 0) is 38.5 Å². The summed E-state index contributed by atoms with van der Waals surface area (Å²) in [4.78, 5) is 12.0. The Morgan fingerprint density at radius 2 is 2.14 bits per heavy atom. The van der Waals surface area contributed by atoms with Crippen LogP contribution in [0.4, 0.5) is 0 Å². The second-order valence-electron chi connectivity index (χ2n) is 5.22. The Balaban J connectivity index is 2.29. The Bertz CT molecular complexity index is 677. The van der Waals surface area contributed by atoms with Gasteiger partial charge in [0.2, 0.25) is 0 Å². The fraction of sp³-hybridized carbons (Fsp3) is 0.462. The SMILES string of the molecule is CC1OCCC1(C)NC(=O)c1ccc(Cl)c(S(=O)(=O)Cl)c1. The summed E-state index contributed by atoms with van der Waals surface area (Å²) in [6, 6.07) is 3.96. The van der Waals surface area contributed by atoms with Crippen molar-refractivity contribution in [3.05, 3.63) is 28.8 Å². The van der Waals surface area contributed by atoms with Crippen molar-refractivity contribution in [1.82, 2.24) is 5.32 Å². The van der Waals surface area contributed by atoms with E-state index in [1.54, 1.807) is 0 Å². The predicted octanol–water partition coefficient (Wildman–Crippen LogP) is 2.56. The molecule has 1 N–H and O–H groups in total. The molecule has 8 heteroatoms. The second-order valence-corrected chi connectivity index (χ2v) is 8.16. The van der Waals surface area contributed by atoms with Gasteiger partial charge in [0, 0.05) is 22.9 Å². The van der Waals surface area contributed by atoms with E-state index in [0.29, 0.717) is 13.0 Å². The van der Waals surface area contributed by atoms with Crippen molar-refractivity contribution in [3.8, 4) is 0 Å². The fourth-order valence-corrected chi connectivity index (χ4v) is 3.65. The molecule has 1 heterocycles. The Kier molecular flexibility index (Phi) is 4.54. The molecule has 2 atom stereocenters. The molecule has 21 heavy (non-hydrogen) atoms. The van der Waals surface area contributed by atoms with Gasteiger partial charge < -0.3 is 10.1 Å². The van der Waals surface area contributed by atoms with Crippen molar-refractivity contribution in [1.29, 1.82) is 0 Å². The van der Waals surface area contributed by atoms with Crippen LogP contribution in [0.2, 0.25) is 5.02 Å². The first-order valence-electron chi connectivity index (χ1n) is 6.32. The normalized spacial score (nSPS) is 25.8. The lowest BCUT2D eigenvalue weighted by atomic mass is 9.94. The molecule has 1 aliphatic heterocycles. The number of rotatable bonds is 3. The van der Waals surface area contributed by atoms with Crippen molar-refractivity contribution in [3.63, 3.8) is 0 Å². The molecule has 0 bridgehead atoms. The van der Waals surface area contributed by atoms with Gasteiger partial charge >= 0.3 is 0 Å². The van der Waals surface area contributed by atoms with E-state index in [1.165, 1.54) is 18.2 Å². The van der Waals surface area contributed by atoms with Crippen LogP contribution in [0.15, 0.2) is 23.1 Å². The first kappa shape index (κ1) is 16.5. The van der Waals surface area contributed by atoms with E-state index in [4.69, 9.17) is 27.0 Å². The third-order valence-electron chi connectivity index (χ3n) is 3.74. The molecule has 2 rings (SSSR count). The summed E-state index contributed by atoms with van der Waals surface area (Å²) < 4.78 is 28.3. The number of carbonyl (C=O) groups excluding carboxylic acids is 1. The third kappa shape index (κ3) is 3.51. The Morgan fingerprint density at radius 1 is 1.48 bits per heavy atom. The Labute approximate surface area is 133 Å². The van der Waals surface area contributed by atoms with E-state index >= 15 is 0 Å². The maximum Gasteiger partial charge on any atom is 0.262 e. The molecule has 1 aliphatic rings. The van der Waals surface area contributed by atoms with Gasteiger partial charge in [-0.1, -0.05) is 11.6 Å². The summed E-state index contributed by atoms with van der Waals surface area (Å²) in [7, 11) is 1.29. The summed E-state index contributed by atoms with van der Waals surface area (Å²) in [6.45, 7) is 4.33. The van der Waals surface area contributed by atoms with Gasteiger partial charge in [0.05, 0.1) is 16.7 Å². The number of hydrogen-bond donors (Lipinski definition) is 1. The zero-order valence-corrected chi connectivity index (χ0v) is 13.8. The summed E-state index contributed by atoms with van der Waals surface area (Å²) in [5.41, 5.74) is -0.310. The van der Waals surface area contributed by atoms with Gasteiger partial charge in [0.15, 0.2) is 0 Å². The first-order valence-corrected chi connectivity index (χ1v) is 9.00. The van der Waals surface area contributed by atoms with Crippen LogP contribution in [0.3, 0.4) is 0 Å². The molecule has 0 aliphatic carbocycles. The average molecular weight is 352 g/mol. The highest BCUT2D eigenvalue weighted by Gasteiger charge is 2.38. The van der Waals surface area contributed by atoms with Crippen LogP contribution in [0.1, 0.15) is 30.6 Å². The van der Waals surface area contributed by atoms with Gasteiger partial charge in [0.1, 0.15) is 4.90 Å². The molecule has 0 radical (unpaired) electrons. The minimum Gasteiger partial charge on any atom is -0.376 e.